The number of likely N-dealkylation sites (N-methyl/N-ethyl adjacent to an activating group) is 1. The van der Waals surface area contributed by atoms with Gasteiger partial charge in [-0.25, -0.2) is 12.9 Å². The van der Waals surface area contributed by atoms with Crippen molar-refractivity contribution in [3.63, 3.8) is 0 Å². The Bertz CT molecular complexity index is 905. The quantitative estimate of drug-likeness (QED) is 0.343. The molecule has 3 N–H and O–H groups in total. The van der Waals surface area contributed by atoms with Gasteiger partial charge in [0.05, 0.1) is 11.8 Å². The summed E-state index contributed by atoms with van der Waals surface area (Å²) in [4.78, 5) is 10.8. The minimum atomic E-state index is -1.38. The molecule has 1 aliphatic rings. The molecule has 0 radical (unpaired) electrons. The molecule has 0 bridgehead atoms. The number of rotatable bonds is 12. The zero-order valence-corrected chi connectivity index (χ0v) is 21.5. The largest absolute Gasteiger partial charge is 0.486 e. The second-order valence-corrected chi connectivity index (χ2v) is 10.3. The average molecular weight is 496 g/mol. The van der Waals surface area contributed by atoms with Crippen molar-refractivity contribution in [1.82, 2.24) is 9.62 Å². The first-order valence-corrected chi connectivity index (χ1v) is 12.8. The summed E-state index contributed by atoms with van der Waals surface area (Å²) in [6, 6.07) is 5.79. The molecular weight excluding hydrogens is 460 g/mol. The first-order valence-electron chi connectivity index (χ1n) is 11.1. The van der Waals surface area contributed by atoms with Crippen LogP contribution in [0.25, 0.3) is 0 Å². The number of hydrogen-bond acceptors (Lipinski definition) is 5. The molecule has 0 heterocycles. The van der Waals surface area contributed by atoms with Gasteiger partial charge in [0.2, 0.25) is 0 Å². The molecule has 9 heteroatoms. The van der Waals surface area contributed by atoms with Gasteiger partial charge in [-0.2, -0.15) is 0 Å². The topological polar surface area (TPSA) is 84.7 Å². The van der Waals surface area contributed by atoms with Crippen molar-refractivity contribution in [2.45, 2.75) is 50.5 Å². The second-order valence-electron chi connectivity index (χ2n) is 7.87. The molecule has 182 valence electrons. The van der Waals surface area contributed by atoms with Crippen LogP contribution in [0.5, 0.6) is 5.75 Å². The van der Waals surface area contributed by atoms with Crippen LogP contribution < -0.4 is 15.8 Å². The van der Waals surface area contributed by atoms with Crippen molar-refractivity contribution in [2.24, 2.45) is 5.73 Å². The monoisotopic (exact) mass is 495 g/mol. The van der Waals surface area contributed by atoms with E-state index in [1.807, 2.05) is 43.4 Å². The second kappa shape index (κ2) is 13.8. The number of nitrogens with zero attached hydrogens (tertiary/aromatic N) is 1. The number of carbonyl (C=O) groups excluding carboxylic acids is 1. The van der Waals surface area contributed by atoms with Crippen LogP contribution in [0.3, 0.4) is 0 Å². The summed E-state index contributed by atoms with van der Waals surface area (Å²) in [7, 11) is 3.10. The lowest BCUT2D eigenvalue weighted by atomic mass is 9.91. The Morgan fingerprint density at radius 3 is 2.73 bits per heavy atom. The number of allylic oxidation sites excluding steroid dienone is 2. The number of carbonyl (C=O) groups is 1. The van der Waals surface area contributed by atoms with E-state index in [1.54, 1.807) is 12.1 Å². The summed E-state index contributed by atoms with van der Waals surface area (Å²) >= 11 is 0. The fourth-order valence-corrected chi connectivity index (χ4v) is 5.56. The van der Waals surface area contributed by atoms with Gasteiger partial charge < -0.3 is 20.6 Å². The fourth-order valence-electron chi connectivity index (χ4n) is 3.78. The van der Waals surface area contributed by atoms with Gasteiger partial charge in [-0.1, -0.05) is 18.2 Å². The summed E-state index contributed by atoms with van der Waals surface area (Å²) in [5.74, 6) is 0.232. The van der Waals surface area contributed by atoms with Gasteiger partial charge in [0.1, 0.15) is 34.9 Å². The number of hydrogen-bond donors (Lipinski definition) is 2. The van der Waals surface area contributed by atoms with E-state index >= 15 is 0 Å². The van der Waals surface area contributed by atoms with E-state index in [9.17, 15) is 13.4 Å². The summed E-state index contributed by atoms with van der Waals surface area (Å²) < 4.78 is 34.4. The number of nitrogens with one attached hydrogen (secondary N) is 1. The maximum Gasteiger partial charge on any atom is 0.139 e. The molecule has 0 fully saturated rings. The number of benzene rings is 1. The minimum Gasteiger partial charge on any atom is -0.486 e. The summed E-state index contributed by atoms with van der Waals surface area (Å²) in [5.41, 5.74) is 8.09. The van der Waals surface area contributed by atoms with Gasteiger partial charge >= 0.3 is 0 Å². The molecule has 1 aromatic carbocycles. The highest BCUT2D eigenvalue weighted by Crippen LogP contribution is 2.30. The van der Waals surface area contributed by atoms with E-state index < -0.39 is 16.2 Å². The summed E-state index contributed by atoms with van der Waals surface area (Å²) in [6.07, 6.45) is 9.06. The lowest BCUT2D eigenvalue weighted by Gasteiger charge is -2.35. The van der Waals surface area contributed by atoms with Crippen LogP contribution in [0, 0.1) is 5.82 Å². The highest BCUT2D eigenvalue weighted by atomic mass is 32.2. The summed E-state index contributed by atoms with van der Waals surface area (Å²) in [6.45, 7) is 4.29. The average Bonchev–Trinajstić information content (AvgIpc) is 2.82. The van der Waals surface area contributed by atoms with Gasteiger partial charge in [0.15, 0.2) is 0 Å². The maximum absolute atomic E-state index is 13.5. The molecule has 1 aromatic rings. The molecule has 0 aliphatic heterocycles. The van der Waals surface area contributed by atoms with Crippen LogP contribution in [0.15, 0.2) is 59.1 Å². The number of nitrogens with two attached hydrogens (primary N) is 1. The molecule has 0 aromatic heterocycles. The molecule has 1 aliphatic carbocycles. The zero-order chi connectivity index (χ0) is 24.4. The number of ether oxygens (including phenoxy) is 1. The molecule has 0 saturated heterocycles. The Morgan fingerprint density at radius 1 is 1.42 bits per heavy atom. The Balaban J connectivity index is 2.18. The van der Waals surface area contributed by atoms with Gasteiger partial charge in [-0.3, -0.25) is 0 Å². The smallest absolute Gasteiger partial charge is 0.139 e. The third kappa shape index (κ3) is 7.85. The zero-order valence-electron chi connectivity index (χ0n) is 19.5. The van der Waals surface area contributed by atoms with Crippen molar-refractivity contribution in [3.8, 4) is 5.75 Å². The van der Waals surface area contributed by atoms with Crippen LogP contribution in [-0.2, 0) is 15.8 Å². The Morgan fingerprint density at radius 2 is 2.12 bits per heavy atom. The van der Waals surface area contributed by atoms with Gasteiger partial charge in [-0.15, -0.1) is 9.24 Å². The van der Waals surface area contributed by atoms with E-state index in [1.165, 1.54) is 12.1 Å². The molecule has 5 atom stereocenters. The lowest BCUT2D eigenvalue weighted by Crippen LogP contribution is -2.43. The molecule has 0 amide bonds. The van der Waals surface area contributed by atoms with Gasteiger partial charge in [-0.05, 0) is 68.3 Å². The van der Waals surface area contributed by atoms with E-state index in [2.05, 4.69) is 14.6 Å². The van der Waals surface area contributed by atoms with Crippen molar-refractivity contribution in [1.29, 1.82) is 0 Å². The standard InChI is InChI=1S/C24H35FN3O3PS/c1-4-6-21-22(27-13-14-29)7-5-8-23(21)28(3)33(30)20(16-26)15-24(32)17(2)31-19-11-9-18(25)10-12-19/h4,6,9-12,14-15,17,20,23,27H,5,7-8,13,16,26,32H2,1-3H3/b6-4-,24-15+/t17-,20?,23-,33?/m1/s1. The number of halogens is 1. The fraction of sp³-hybridized carbons (Fsp3) is 0.458. The van der Waals surface area contributed by atoms with Gasteiger partial charge in [0, 0.05) is 25.3 Å². The van der Waals surface area contributed by atoms with Crippen molar-refractivity contribution >= 4 is 26.5 Å². The highest BCUT2D eigenvalue weighted by molar-refractivity contribution is 7.83. The van der Waals surface area contributed by atoms with E-state index in [0.29, 0.717) is 5.75 Å². The third-order valence-corrected chi connectivity index (χ3v) is 7.88. The molecule has 0 spiro atoms. The molecular formula is C24H35FN3O3PS. The molecule has 3 unspecified atom stereocenters. The lowest BCUT2D eigenvalue weighted by molar-refractivity contribution is -0.107. The number of aldehydes is 1. The van der Waals surface area contributed by atoms with Crippen LogP contribution >= 0.6 is 9.24 Å². The first-order chi connectivity index (χ1) is 15.8. The van der Waals surface area contributed by atoms with Crippen LogP contribution in [0.2, 0.25) is 0 Å². The van der Waals surface area contributed by atoms with Crippen molar-refractivity contribution in [2.75, 3.05) is 20.1 Å². The van der Waals surface area contributed by atoms with Crippen LogP contribution in [0.1, 0.15) is 33.1 Å². The Kier molecular flexibility index (Phi) is 11.4. The van der Waals surface area contributed by atoms with E-state index in [4.69, 9.17) is 10.5 Å². The predicted octanol–water partition coefficient (Wildman–Crippen LogP) is 3.45. The third-order valence-electron chi connectivity index (χ3n) is 5.55. The van der Waals surface area contributed by atoms with Crippen LogP contribution in [0.4, 0.5) is 4.39 Å². The van der Waals surface area contributed by atoms with Gasteiger partial charge in [0.25, 0.3) is 0 Å². The van der Waals surface area contributed by atoms with Crippen molar-refractivity contribution in [3.05, 3.63) is 64.9 Å². The van der Waals surface area contributed by atoms with E-state index in [0.717, 1.165) is 42.1 Å². The van der Waals surface area contributed by atoms with E-state index in [-0.39, 0.29) is 31.1 Å². The maximum atomic E-state index is 13.5. The van der Waals surface area contributed by atoms with Crippen molar-refractivity contribution < 1.29 is 18.1 Å². The van der Waals surface area contributed by atoms with Crippen LogP contribution in [-0.4, -0.2) is 52.3 Å². The predicted molar refractivity (Wildman–Crippen MR) is 137 cm³/mol. The first kappa shape index (κ1) is 27.4. The Labute approximate surface area is 201 Å². The normalized spacial score (nSPS) is 20.1. The molecule has 33 heavy (non-hydrogen) atoms. The molecule has 6 nitrogen and oxygen atoms in total. The summed E-state index contributed by atoms with van der Waals surface area (Å²) in [5, 5.41) is 3.62. The molecule has 0 saturated carbocycles. The molecule has 2 rings (SSSR count). The highest BCUT2D eigenvalue weighted by Gasteiger charge is 2.30. The Hall–Kier alpha value is -1.86. The minimum absolute atomic E-state index is 0.0479. The SMILES string of the molecule is C/C=C\C1=C(NCC=O)CCC[C@H]1N(C)S(=O)C(/C=C(/P)[C@@H](C)Oc1ccc(F)cc1)CN.